The van der Waals surface area contributed by atoms with E-state index < -0.39 is 0 Å². The van der Waals surface area contributed by atoms with Crippen molar-refractivity contribution < 1.29 is 4.74 Å². The Labute approximate surface area is 128 Å². The molecule has 0 radical (unpaired) electrons. The molecule has 3 heteroatoms. The van der Waals surface area contributed by atoms with Crippen LogP contribution in [0.4, 0.5) is 0 Å². The largest absolute Gasteiger partial charge is 0.457 e. The molecule has 2 rings (SSSR count). The Morgan fingerprint density at radius 3 is 2.20 bits per heavy atom. The van der Waals surface area contributed by atoms with E-state index in [0.29, 0.717) is 5.56 Å². The third-order valence-electron chi connectivity index (χ3n) is 3.27. The molecule has 2 aromatic rings. The highest BCUT2D eigenvalue weighted by molar-refractivity contribution is 9.08. The van der Waals surface area contributed by atoms with Crippen molar-refractivity contribution >= 4 is 15.9 Å². The van der Waals surface area contributed by atoms with Gasteiger partial charge in [0.15, 0.2) is 0 Å². The molecule has 0 saturated carbocycles. The van der Waals surface area contributed by atoms with Gasteiger partial charge in [0, 0.05) is 5.33 Å². The highest BCUT2D eigenvalue weighted by atomic mass is 79.9. The lowest BCUT2D eigenvalue weighted by Crippen LogP contribution is -1.94. The van der Waals surface area contributed by atoms with Gasteiger partial charge >= 0.3 is 0 Å². The second kappa shape index (κ2) is 6.11. The summed E-state index contributed by atoms with van der Waals surface area (Å²) in [5.41, 5.74) is 5.07. The minimum Gasteiger partial charge on any atom is -0.457 e. The van der Waals surface area contributed by atoms with Crippen molar-refractivity contribution in [1.29, 1.82) is 5.26 Å². The van der Waals surface area contributed by atoms with Crippen LogP contribution >= 0.6 is 15.9 Å². The lowest BCUT2D eigenvalue weighted by molar-refractivity contribution is 0.474. The van der Waals surface area contributed by atoms with Gasteiger partial charge in [-0.2, -0.15) is 5.26 Å². The zero-order valence-corrected chi connectivity index (χ0v) is 13.4. The number of rotatable bonds is 3. The van der Waals surface area contributed by atoms with Gasteiger partial charge in [0.25, 0.3) is 0 Å². The molecule has 0 spiro atoms. The molecular weight excluding hydrogens is 314 g/mol. The molecule has 0 fully saturated rings. The number of nitrogens with zero attached hydrogens (tertiary/aromatic N) is 1. The second-order valence-corrected chi connectivity index (χ2v) is 5.44. The molecule has 2 aromatic carbocycles. The number of benzene rings is 2. The zero-order chi connectivity index (χ0) is 14.7. The number of alkyl halides is 1. The maximum absolute atomic E-state index is 8.97. The minimum atomic E-state index is 0.665. The summed E-state index contributed by atoms with van der Waals surface area (Å²) in [5.74, 6) is 1.65. The summed E-state index contributed by atoms with van der Waals surface area (Å²) in [6, 6.07) is 11.9. The Balaban J connectivity index is 2.35. The van der Waals surface area contributed by atoms with Crippen LogP contribution in [0.1, 0.15) is 27.8 Å². The normalized spacial score (nSPS) is 10.2. The average Bonchev–Trinajstić information content (AvgIpc) is 2.42. The first-order chi connectivity index (χ1) is 9.55. The number of halogens is 1. The Hall–Kier alpha value is -1.79. The van der Waals surface area contributed by atoms with E-state index in [9.17, 15) is 0 Å². The lowest BCUT2D eigenvalue weighted by atomic mass is 10.1. The molecule has 0 aromatic heterocycles. The molecule has 0 N–H and O–H groups in total. The van der Waals surface area contributed by atoms with E-state index in [1.165, 1.54) is 11.1 Å². The van der Waals surface area contributed by atoms with Crippen LogP contribution in [0.5, 0.6) is 11.5 Å². The fourth-order valence-corrected chi connectivity index (χ4v) is 2.80. The number of hydrogen-bond acceptors (Lipinski definition) is 2. The first kappa shape index (κ1) is 14.6. The maximum atomic E-state index is 8.97. The van der Waals surface area contributed by atoms with Gasteiger partial charge in [-0.25, -0.2) is 0 Å². The highest BCUT2D eigenvalue weighted by Crippen LogP contribution is 2.31. The maximum Gasteiger partial charge on any atom is 0.133 e. The topological polar surface area (TPSA) is 33.0 Å². The molecule has 0 aliphatic carbocycles. The second-order valence-electron chi connectivity index (χ2n) is 4.87. The van der Waals surface area contributed by atoms with Gasteiger partial charge in [0.2, 0.25) is 0 Å². The van der Waals surface area contributed by atoms with Crippen molar-refractivity contribution in [2.45, 2.75) is 26.1 Å². The summed E-state index contributed by atoms with van der Waals surface area (Å²) in [6.45, 7) is 5.99. The van der Waals surface area contributed by atoms with Crippen molar-refractivity contribution in [2.24, 2.45) is 0 Å². The fraction of sp³-hybridized carbons (Fsp3) is 0.235. The molecule has 20 heavy (non-hydrogen) atoms. The summed E-state index contributed by atoms with van der Waals surface area (Å²) < 4.78 is 6.00. The smallest absolute Gasteiger partial charge is 0.133 e. The number of nitriles is 1. The Kier molecular flexibility index (Phi) is 4.46. The van der Waals surface area contributed by atoms with Gasteiger partial charge < -0.3 is 4.74 Å². The quantitative estimate of drug-likeness (QED) is 0.727. The molecule has 0 heterocycles. The highest BCUT2D eigenvalue weighted by Gasteiger charge is 2.08. The third kappa shape index (κ3) is 3.02. The molecule has 0 atom stereocenters. The molecular formula is C17H16BrNO. The summed E-state index contributed by atoms with van der Waals surface area (Å²) in [4.78, 5) is 0. The van der Waals surface area contributed by atoms with E-state index in [2.05, 4.69) is 35.0 Å². The van der Waals surface area contributed by atoms with E-state index in [1.54, 1.807) is 0 Å². The van der Waals surface area contributed by atoms with Crippen LogP contribution < -0.4 is 4.74 Å². The molecule has 0 bridgehead atoms. The van der Waals surface area contributed by atoms with Gasteiger partial charge in [-0.1, -0.05) is 22.0 Å². The molecule has 0 amide bonds. The molecule has 0 aliphatic rings. The van der Waals surface area contributed by atoms with Crippen molar-refractivity contribution in [3.05, 3.63) is 58.1 Å². The minimum absolute atomic E-state index is 0.665. The Bertz CT molecular complexity index is 663. The predicted octanol–water partition coefficient (Wildman–Crippen LogP) is 5.17. The Morgan fingerprint density at radius 1 is 1.05 bits per heavy atom. The molecule has 2 nitrogen and oxygen atoms in total. The van der Waals surface area contributed by atoms with E-state index in [0.717, 1.165) is 28.0 Å². The van der Waals surface area contributed by atoms with E-state index >= 15 is 0 Å². The average molecular weight is 330 g/mol. The van der Waals surface area contributed by atoms with Gasteiger partial charge in [0.1, 0.15) is 11.5 Å². The Morgan fingerprint density at radius 2 is 1.70 bits per heavy atom. The van der Waals surface area contributed by atoms with Gasteiger partial charge in [-0.3, -0.25) is 0 Å². The first-order valence-electron chi connectivity index (χ1n) is 6.40. The van der Waals surface area contributed by atoms with Crippen LogP contribution in [0.3, 0.4) is 0 Å². The van der Waals surface area contributed by atoms with E-state index in [4.69, 9.17) is 10.00 Å². The van der Waals surface area contributed by atoms with Crippen LogP contribution in [0, 0.1) is 32.1 Å². The lowest BCUT2D eigenvalue weighted by Gasteiger charge is -2.13. The zero-order valence-electron chi connectivity index (χ0n) is 11.8. The van der Waals surface area contributed by atoms with Crippen LogP contribution in [-0.4, -0.2) is 0 Å². The number of hydrogen-bond donors (Lipinski definition) is 0. The van der Waals surface area contributed by atoms with Crippen molar-refractivity contribution in [2.75, 3.05) is 0 Å². The molecule has 0 aliphatic heterocycles. The summed E-state index contributed by atoms with van der Waals surface area (Å²) in [5, 5.41) is 9.81. The monoisotopic (exact) mass is 329 g/mol. The number of aryl methyl sites for hydroxylation is 3. The standard InChI is InChI=1S/C17H16BrNO/c1-11-8-16(5-4-15(11)9-18)20-17-12(2)6-14(10-19)7-13(17)3/h4-8H,9H2,1-3H3. The van der Waals surface area contributed by atoms with Crippen LogP contribution in [-0.2, 0) is 5.33 Å². The summed E-state index contributed by atoms with van der Waals surface area (Å²) in [6.07, 6.45) is 0. The van der Waals surface area contributed by atoms with Crippen molar-refractivity contribution in [1.82, 2.24) is 0 Å². The molecule has 0 saturated heterocycles. The fourth-order valence-electron chi connectivity index (χ4n) is 2.18. The molecule has 102 valence electrons. The first-order valence-corrected chi connectivity index (χ1v) is 7.52. The van der Waals surface area contributed by atoms with Crippen molar-refractivity contribution in [3.63, 3.8) is 0 Å². The summed E-state index contributed by atoms with van der Waals surface area (Å²) in [7, 11) is 0. The van der Waals surface area contributed by atoms with E-state index in [-0.39, 0.29) is 0 Å². The van der Waals surface area contributed by atoms with Gasteiger partial charge in [-0.15, -0.1) is 0 Å². The van der Waals surface area contributed by atoms with Gasteiger partial charge in [-0.05, 0) is 67.3 Å². The van der Waals surface area contributed by atoms with E-state index in [1.807, 2.05) is 38.1 Å². The van der Waals surface area contributed by atoms with Crippen LogP contribution in [0.2, 0.25) is 0 Å². The molecule has 0 unspecified atom stereocenters. The number of ether oxygens (including phenoxy) is 1. The van der Waals surface area contributed by atoms with Crippen LogP contribution in [0.15, 0.2) is 30.3 Å². The van der Waals surface area contributed by atoms with Crippen LogP contribution in [0.25, 0.3) is 0 Å². The third-order valence-corrected chi connectivity index (χ3v) is 3.87. The SMILES string of the molecule is Cc1cc(Oc2c(C)cc(C#N)cc2C)ccc1CBr. The van der Waals surface area contributed by atoms with Gasteiger partial charge in [0.05, 0.1) is 11.6 Å². The predicted molar refractivity (Wildman–Crippen MR) is 84.5 cm³/mol. The van der Waals surface area contributed by atoms with Crippen molar-refractivity contribution in [3.8, 4) is 17.6 Å². The summed E-state index contributed by atoms with van der Waals surface area (Å²) >= 11 is 3.47.